The van der Waals surface area contributed by atoms with Gasteiger partial charge in [0, 0.05) is 13.0 Å². The maximum absolute atomic E-state index is 13.6. The van der Waals surface area contributed by atoms with Crippen LogP contribution >= 0.6 is 0 Å². The number of rotatable bonds is 7. The fourth-order valence-electron chi connectivity index (χ4n) is 5.88. The van der Waals surface area contributed by atoms with E-state index in [1.54, 1.807) is 0 Å². The van der Waals surface area contributed by atoms with Gasteiger partial charge in [0.15, 0.2) is 0 Å². The molecule has 0 N–H and O–H groups in total. The van der Waals surface area contributed by atoms with Gasteiger partial charge in [-0.15, -0.1) is 0 Å². The van der Waals surface area contributed by atoms with E-state index in [-0.39, 0.29) is 18.0 Å². The van der Waals surface area contributed by atoms with Gasteiger partial charge in [0.05, 0.1) is 5.41 Å². The van der Waals surface area contributed by atoms with Crippen LogP contribution < -0.4 is 0 Å². The van der Waals surface area contributed by atoms with Crippen LogP contribution in [0.2, 0.25) is 0 Å². The Hall–Kier alpha value is -1.88. The Labute approximate surface area is 199 Å². The first-order valence-electron chi connectivity index (χ1n) is 13.0. The first-order valence-corrected chi connectivity index (χ1v) is 13.0. The summed E-state index contributed by atoms with van der Waals surface area (Å²) in [5.74, 6) is 0.390. The molecule has 1 aliphatic carbocycles. The lowest BCUT2D eigenvalue weighted by Crippen LogP contribution is -2.53. The van der Waals surface area contributed by atoms with Crippen molar-refractivity contribution in [2.45, 2.75) is 102 Å². The zero-order valence-electron chi connectivity index (χ0n) is 20.7. The Morgan fingerprint density at radius 2 is 1.70 bits per heavy atom. The van der Waals surface area contributed by atoms with E-state index in [4.69, 9.17) is 9.47 Å². The highest BCUT2D eigenvalue weighted by molar-refractivity contribution is 5.83. The second kappa shape index (κ2) is 10.2. The molecule has 1 aromatic rings. The molecule has 4 fully saturated rings. The van der Waals surface area contributed by atoms with Crippen LogP contribution in [0.15, 0.2) is 24.3 Å². The fourth-order valence-corrected chi connectivity index (χ4v) is 5.88. The zero-order valence-corrected chi connectivity index (χ0v) is 20.7. The molecule has 0 radical (unpaired) electrons. The van der Waals surface area contributed by atoms with Gasteiger partial charge < -0.3 is 9.47 Å². The number of carbonyl (C=O) groups is 2. The van der Waals surface area contributed by atoms with Crippen LogP contribution in [0.25, 0.3) is 0 Å². The SMILES string of the molecule is CC(C)(C)OC(=O)CCCc1ccc(C2(C(=O)O[C@H]3CN4CCC3CC4)CCCCC2)cc1. The topological polar surface area (TPSA) is 55.8 Å². The third-order valence-electron chi connectivity index (χ3n) is 7.73. The highest BCUT2D eigenvalue weighted by atomic mass is 16.6. The van der Waals surface area contributed by atoms with Gasteiger partial charge in [0.2, 0.25) is 0 Å². The minimum atomic E-state index is -0.501. The number of carbonyl (C=O) groups excluding carboxylic acids is 2. The van der Waals surface area contributed by atoms with Crippen molar-refractivity contribution < 1.29 is 19.1 Å². The second-order valence-electron chi connectivity index (χ2n) is 11.4. The smallest absolute Gasteiger partial charge is 0.316 e. The maximum Gasteiger partial charge on any atom is 0.316 e. The standard InChI is InChI=1S/C28H41NO4/c1-27(2,3)33-25(30)9-7-8-21-10-12-23(13-11-21)28(16-5-4-6-17-28)26(31)32-24-20-29-18-14-22(24)15-19-29/h10-13,22,24H,4-9,14-20H2,1-3H3/t24-/m0/s1. The van der Waals surface area contributed by atoms with E-state index in [0.717, 1.165) is 76.6 Å². The number of hydrogen-bond donors (Lipinski definition) is 0. The summed E-state index contributed by atoms with van der Waals surface area (Å²) in [7, 11) is 0. The largest absolute Gasteiger partial charge is 0.460 e. The summed E-state index contributed by atoms with van der Waals surface area (Å²) in [6.07, 6.45) is 9.50. The van der Waals surface area contributed by atoms with Crippen molar-refractivity contribution in [3.63, 3.8) is 0 Å². The molecule has 1 aromatic carbocycles. The molecule has 1 atom stereocenters. The minimum absolute atomic E-state index is 0.00127. The van der Waals surface area contributed by atoms with Crippen molar-refractivity contribution in [1.29, 1.82) is 0 Å². The van der Waals surface area contributed by atoms with Crippen molar-refractivity contribution in [3.05, 3.63) is 35.4 Å². The van der Waals surface area contributed by atoms with Crippen molar-refractivity contribution in [2.24, 2.45) is 5.92 Å². The van der Waals surface area contributed by atoms with Gasteiger partial charge in [-0.3, -0.25) is 14.5 Å². The van der Waals surface area contributed by atoms with Crippen LogP contribution in [0.3, 0.4) is 0 Å². The molecule has 2 bridgehead atoms. The highest BCUT2D eigenvalue weighted by Gasteiger charge is 2.45. The summed E-state index contributed by atoms with van der Waals surface area (Å²) in [6, 6.07) is 8.52. The molecule has 4 aliphatic rings. The van der Waals surface area contributed by atoms with Crippen LogP contribution in [0.1, 0.15) is 89.7 Å². The molecule has 33 heavy (non-hydrogen) atoms. The van der Waals surface area contributed by atoms with E-state index in [1.807, 2.05) is 20.8 Å². The number of benzene rings is 1. The molecule has 0 unspecified atom stereocenters. The van der Waals surface area contributed by atoms with Crippen LogP contribution in [0.5, 0.6) is 0 Å². The van der Waals surface area contributed by atoms with Crippen molar-refractivity contribution >= 4 is 11.9 Å². The van der Waals surface area contributed by atoms with Crippen LogP contribution in [-0.2, 0) is 30.9 Å². The first kappa shape index (κ1) is 24.3. The highest BCUT2D eigenvalue weighted by Crippen LogP contribution is 2.42. The monoisotopic (exact) mass is 455 g/mol. The van der Waals surface area contributed by atoms with Crippen LogP contribution in [-0.4, -0.2) is 48.2 Å². The molecular weight excluding hydrogens is 414 g/mol. The van der Waals surface area contributed by atoms with Gasteiger partial charge in [-0.2, -0.15) is 0 Å². The molecule has 3 saturated heterocycles. The zero-order chi connectivity index (χ0) is 23.5. The Balaban J connectivity index is 1.38. The molecule has 1 saturated carbocycles. The predicted molar refractivity (Wildman–Crippen MR) is 129 cm³/mol. The third-order valence-corrected chi connectivity index (χ3v) is 7.73. The normalized spacial score (nSPS) is 26.6. The van der Waals surface area contributed by atoms with Gasteiger partial charge in [0.1, 0.15) is 11.7 Å². The summed E-state index contributed by atoms with van der Waals surface area (Å²) in [6.45, 7) is 8.90. The molecule has 3 aliphatic heterocycles. The van der Waals surface area contributed by atoms with E-state index < -0.39 is 11.0 Å². The maximum atomic E-state index is 13.6. The molecule has 3 heterocycles. The lowest BCUT2D eigenvalue weighted by Gasteiger charge is -2.45. The number of hydrogen-bond acceptors (Lipinski definition) is 5. The van der Waals surface area contributed by atoms with Crippen molar-refractivity contribution in [2.75, 3.05) is 19.6 Å². The second-order valence-corrected chi connectivity index (χ2v) is 11.4. The molecule has 182 valence electrons. The fraction of sp³-hybridized carbons (Fsp3) is 0.714. The summed E-state index contributed by atoms with van der Waals surface area (Å²) in [5.41, 5.74) is 1.36. The lowest BCUT2D eigenvalue weighted by molar-refractivity contribution is -0.167. The van der Waals surface area contributed by atoms with Crippen molar-refractivity contribution in [1.82, 2.24) is 4.90 Å². The average molecular weight is 456 g/mol. The summed E-state index contributed by atoms with van der Waals surface area (Å²) in [5, 5.41) is 0. The quantitative estimate of drug-likeness (QED) is 0.530. The number of ether oxygens (including phenoxy) is 2. The van der Waals surface area contributed by atoms with Gasteiger partial charge >= 0.3 is 11.9 Å². The Bertz CT molecular complexity index is 811. The average Bonchev–Trinajstić information content (AvgIpc) is 2.79. The summed E-state index contributed by atoms with van der Waals surface area (Å²) < 4.78 is 11.7. The summed E-state index contributed by atoms with van der Waals surface area (Å²) >= 11 is 0. The van der Waals surface area contributed by atoms with Crippen molar-refractivity contribution in [3.8, 4) is 0 Å². The number of esters is 2. The van der Waals surface area contributed by atoms with E-state index in [1.165, 1.54) is 12.0 Å². The molecule has 5 rings (SSSR count). The molecular formula is C28H41NO4. The summed E-state index contributed by atoms with van der Waals surface area (Å²) in [4.78, 5) is 28.0. The Morgan fingerprint density at radius 3 is 2.27 bits per heavy atom. The Morgan fingerprint density at radius 1 is 1.03 bits per heavy atom. The first-order chi connectivity index (χ1) is 15.7. The van der Waals surface area contributed by atoms with E-state index in [0.29, 0.717) is 12.3 Å². The van der Waals surface area contributed by atoms with Gasteiger partial charge in [-0.25, -0.2) is 0 Å². The Kier molecular flexibility index (Phi) is 7.47. The lowest BCUT2D eigenvalue weighted by atomic mass is 9.69. The number of fused-ring (bicyclic) bond motifs is 3. The van der Waals surface area contributed by atoms with E-state index in [2.05, 4.69) is 29.2 Å². The molecule has 0 aromatic heterocycles. The van der Waals surface area contributed by atoms with Gasteiger partial charge in [0.25, 0.3) is 0 Å². The number of aryl methyl sites for hydroxylation is 1. The number of piperidine rings is 3. The van der Waals surface area contributed by atoms with Crippen LogP contribution in [0, 0.1) is 5.92 Å². The van der Waals surface area contributed by atoms with E-state index >= 15 is 0 Å². The molecule has 0 spiro atoms. The number of nitrogens with zero attached hydrogens (tertiary/aromatic N) is 1. The predicted octanol–water partition coefficient (Wildman–Crippen LogP) is 5.19. The van der Waals surface area contributed by atoms with Gasteiger partial charge in [-0.05, 0) is 89.4 Å². The van der Waals surface area contributed by atoms with E-state index in [9.17, 15) is 9.59 Å². The third kappa shape index (κ3) is 5.98. The molecule has 5 nitrogen and oxygen atoms in total. The molecule has 0 amide bonds. The molecule has 5 heteroatoms. The van der Waals surface area contributed by atoms with Crippen LogP contribution in [0.4, 0.5) is 0 Å². The minimum Gasteiger partial charge on any atom is -0.460 e. The van der Waals surface area contributed by atoms with Gasteiger partial charge in [-0.1, -0.05) is 43.5 Å².